The molecule has 1 atom stereocenters. The molecule has 132 valence electrons. The van der Waals surface area contributed by atoms with E-state index in [0.717, 1.165) is 0 Å². The molecular weight excluding hydrogens is 284 g/mol. The molecule has 0 aromatic carbocycles. The largest absolute Gasteiger partial charge is 0.341 e. The van der Waals surface area contributed by atoms with Gasteiger partial charge in [0.05, 0.1) is 11.2 Å². The maximum absolute atomic E-state index is 6.21. The maximum atomic E-state index is 6.21. The third kappa shape index (κ3) is 6.92. The summed E-state index contributed by atoms with van der Waals surface area (Å²) >= 11 is 0. The Labute approximate surface area is 135 Å². The van der Waals surface area contributed by atoms with Gasteiger partial charge >= 0.3 is 0 Å². The summed E-state index contributed by atoms with van der Waals surface area (Å²) in [6.45, 7) is 19.6. The number of rotatable bonds is 4. The topological polar surface area (TPSA) is 46.2 Å². The molecule has 0 radical (unpaired) electrons. The van der Waals surface area contributed by atoms with Crippen molar-refractivity contribution in [1.29, 1.82) is 0 Å². The molecule has 0 aliphatic carbocycles. The van der Waals surface area contributed by atoms with Crippen LogP contribution in [0.1, 0.15) is 82.1 Å². The van der Waals surface area contributed by atoms with Gasteiger partial charge in [0.2, 0.25) is 0 Å². The molecule has 0 saturated carbocycles. The summed E-state index contributed by atoms with van der Waals surface area (Å²) in [5.41, 5.74) is -1.76. The van der Waals surface area contributed by atoms with Crippen molar-refractivity contribution in [2.45, 2.75) is 110 Å². The third-order valence-electron chi connectivity index (χ3n) is 3.08. The molecule has 5 nitrogen and oxygen atoms in total. The Balaban J connectivity index is 2.86. The molecule has 0 aromatic rings. The first-order valence-corrected chi connectivity index (χ1v) is 7.97. The zero-order valence-electron chi connectivity index (χ0n) is 16.0. The summed E-state index contributed by atoms with van der Waals surface area (Å²) in [7, 11) is 0. The van der Waals surface area contributed by atoms with E-state index < -0.39 is 22.6 Å². The highest BCUT2D eigenvalue weighted by atomic mass is 17.2. The van der Waals surface area contributed by atoms with Crippen molar-refractivity contribution in [3.8, 4) is 0 Å². The molecule has 1 heterocycles. The van der Waals surface area contributed by atoms with Crippen LogP contribution in [0.2, 0.25) is 0 Å². The summed E-state index contributed by atoms with van der Waals surface area (Å²) in [6.07, 6.45) is 1.33. The molecule has 1 saturated heterocycles. The van der Waals surface area contributed by atoms with Gasteiger partial charge in [-0.1, -0.05) is 0 Å². The van der Waals surface area contributed by atoms with E-state index in [1.807, 2.05) is 62.3 Å². The van der Waals surface area contributed by atoms with E-state index in [2.05, 4.69) is 6.92 Å². The van der Waals surface area contributed by atoms with Crippen LogP contribution >= 0.6 is 0 Å². The predicted molar refractivity (Wildman–Crippen MR) is 85.1 cm³/mol. The first kappa shape index (κ1) is 19.8. The third-order valence-corrected chi connectivity index (χ3v) is 3.08. The van der Waals surface area contributed by atoms with Crippen LogP contribution in [-0.2, 0) is 24.3 Å². The van der Waals surface area contributed by atoms with Crippen LogP contribution in [0.25, 0.3) is 0 Å². The fourth-order valence-corrected chi connectivity index (χ4v) is 3.06. The van der Waals surface area contributed by atoms with E-state index in [0.29, 0.717) is 12.8 Å². The fourth-order valence-electron chi connectivity index (χ4n) is 3.06. The van der Waals surface area contributed by atoms with E-state index >= 15 is 0 Å². The van der Waals surface area contributed by atoms with Crippen molar-refractivity contribution >= 4 is 0 Å². The van der Waals surface area contributed by atoms with Gasteiger partial charge in [-0.05, 0) is 69.2 Å². The van der Waals surface area contributed by atoms with Crippen LogP contribution in [0.3, 0.4) is 0 Å². The smallest absolute Gasteiger partial charge is 0.196 e. The van der Waals surface area contributed by atoms with Crippen molar-refractivity contribution in [3.05, 3.63) is 0 Å². The van der Waals surface area contributed by atoms with Gasteiger partial charge in [-0.15, -0.1) is 0 Å². The fraction of sp³-hybridized carbons (Fsp3) is 1.00. The van der Waals surface area contributed by atoms with E-state index in [9.17, 15) is 0 Å². The molecule has 1 unspecified atom stereocenters. The first-order chi connectivity index (χ1) is 9.54. The Bertz CT molecular complexity index is 361. The monoisotopic (exact) mass is 318 g/mol. The van der Waals surface area contributed by atoms with Gasteiger partial charge in [-0.3, -0.25) is 0 Å². The van der Waals surface area contributed by atoms with E-state index in [-0.39, 0.29) is 5.60 Å². The van der Waals surface area contributed by atoms with Gasteiger partial charge in [0.25, 0.3) is 0 Å². The lowest BCUT2D eigenvalue weighted by Crippen LogP contribution is -2.46. The van der Waals surface area contributed by atoms with Gasteiger partial charge in [-0.25, -0.2) is 19.6 Å². The SMILES string of the molecule is CC(C)(C)OOC(C)(C)CC1(C)CC(C)(C)OOC(C)(C)O1. The minimum atomic E-state index is -0.816. The molecule has 0 bridgehead atoms. The Kier molecular flexibility index (Phi) is 5.43. The van der Waals surface area contributed by atoms with Crippen molar-refractivity contribution < 1.29 is 24.3 Å². The minimum absolute atomic E-state index is 0.354. The molecule has 1 rings (SSSR count). The Morgan fingerprint density at radius 3 is 1.91 bits per heavy atom. The highest BCUT2D eigenvalue weighted by molar-refractivity contribution is 4.92. The second kappa shape index (κ2) is 6.02. The average molecular weight is 318 g/mol. The first-order valence-electron chi connectivity index (χ1n) is 7.97. The lowest BCUT2D eigenvalue weighted by Gasteiger charge is -2.40. The van der Waals surface area contributed by atoms with E-state index in [1.54, 1.807) is 0 Å². The van der Waals surface area contributed by atoms with Crippen LogP contribution in [0.15, 0.2) is 0 Å². The summed E-state index contributed by atoms with van der Waals surface area (Å²) in [4.78, 5) is 22.1. The minimum Gasteiger partial charge on any atom is -0.341 e. The molecule has 1 aliphatic rings. The summed E-state index contributed by atoms with van der Waals surface area (Å²) < 4.78 is 6.21. The zero-order chi connectivity index (χ0) is 17.4. The lowest BCUT2D eigenvalue weighted by molar-refractivity contribution is -0.442. The van der Waals surface area contributed by atoms with Crippen LogP contribution in [0.5, 0.6) is 0 Å². The van der Waals surface area contributed by atoms with Crippen LogP contribution < -0.4 is 0 Å². The Morgan fingerprint density at radius 1 is 0.864 bits per heavy atom. The van der Waals surface area contributed by atoms with Crippen molar-refractivity contribution in [2.75, 3.05) is 0 Å². The van der Waals surface area contributed by atoms with E-state index in [4.69, 9.17) is 24.3 Å². The summed E-state index contributed by atoms with van der Waals surface area (Å²) in [5, 5.41) is 0. The zero-order valence-corrected chi connectivity index (χ0v) is 16.0. The Hall–Kier alpha value is -0.200. The molecular formula is C17H34O5. The average Bonchev–Trinajstić information content (AvgIpc) is 2.27. The van der Waals surface area contributed by atoms with Crippen LogP contribution in [0, 0.1) is 0 Å². The second-order valence-electron chi connectivity index (χ2n) is 9.27. The number of ether oxygens (including phenoxy) is 1. The normalized spacial score (nSPS) is 29.2. The number of hydrogen-bond donors (Lipinski definition) is 0. The molecule has 1 aliphatic heterocycles. The van der Waals surface area contributed by atoms with Crippen LogP contribution in [-0.4, -0.2) is 28.2 Å². The second-order valence-corrected chi connectivity index (χ2v) is 9.27. The van der Waals surface area contributed by atoms with Gasteiger partial charge in [-0.2, -0.15) is 0 Å². The molecule has 0 spiro atoms. The summed E-state index contributed by atoms with van der Waals surface area (Å²) in [5.74, 6) is -0.816. The molecule has 5 heteroatoms. The van der Waals surface area contributed by atoms with Crippen molar-refractivity contribution in [2.24, 2.45) is 0 Å². The molecule has 0 amide bonds. The summed E-state index contributed by atoms with van der Waals surface area (Å²) in [6, 6.07) is 0. The van der Waals surface area contributed by atoms with Gasteiger partial charge in [0, 0.05) is 12.8 Å². The number of hydrogen-bond acceptors (Lipinski definition) is 5. The standard InChI is InChI=1S/C17H34O5/c1-13(2,3)19-20-14(4,5)11-17(10)12-15(6,7)21-22-16(8,9)18-17/h11-12H2,1-10H3. The molecule has 0 aromatic heterocycles. The Morgan fingerprint density at radius 2 is 1.41 bits per heavy atom. The van der Waals surface area contributed by atoms with Crippen molar-refractivity contribution in [3.63, 3.8) is 0 Å². The van der Waals surface area contributed by atoms with E-state index in [1.165, 1.54) is 0 Å². The predicted octanol–water partition coefficient (Wildman–Crippen LogP) is 4.54. The highest BCUT2D eigenvalue weighted by Crippen LogP contribution is 2.41. The van der Waals surface area contributed by atoms with Gasteiger partial charge in [0.15, 0.2) is 5.79 Å². The highest BCUT2D eigenvalue weighted by Gasteiger charge is 2.47. The quantitative estimate of drug-likeness (QED) is 0.562. The lowest BCUT2D eigenvalue weighted by atomic mass is 9.82. The molecule has 0 N–H and O–H groups in total. The maximum Gasteiger partial charge on any atom is 0.196 e. The molecule has 22 heavy (non-hydrogen) atoms. The van der Waals surface area contributed by atoms with Crippen molar-refractivity contribution in [1.82, 2.24) is 0 Å². The van der Waals surface area contributed by atoms with Gasteiger partial charge < -0.3 is 4.74 Å². The van der Waals surface area contributed by atoms with Crippen LogP contribution in [0.4, 0.5) is 0 Å². The molecule has 1 fully saturated rings. The van der Waals surface area contributed by atoms with Gasteiger partial charge in [0.1, 0.15) is 11.2 Å².